The molecule has 0 aromatic rings. The van der Waals surface area contributed by atoms with Crippen LogP contribution in [0.1, 0.15) is 13.8 Å². The molecule has 0 spiro atoms. The maximum Gasteiger partial charge on any atom is 0.163 e. The van der Waals surface area contributed by atoms with Crippen molar-refractivity contribution in [2.75, 3.05) is 20.2 Å². The van der Waals surface area contributed by atoms with E-state index >= 15 is 0 Å². The lowest BCUT2D eigenvalue weighted by atomic mass is 10.2. The number of rotatable bonds is 7. The molecule has 0 fully saturated rings. The molecule has 0 amide bonds. The van der Waals surface area contributed by atoms with E-state index in [1.807, 2.05) is 0 Å². The van der Waals surface area contributed by atoms with Crippen molar-refractivity contribution in [2.45, 2.75) is 25.9 Å². The molecular weight excluding hydrogens is 184 g/mol. The number of aliphatic hydroxyl groups is 1. The van der Waals surface area contributed by atoms with Crippen LogP contribution in [0.3, 0.4) is 0 Å². The molecule has 0 aliphatic heterocycles. The van der Waals surface area contributed by atoms with Gasteiger partial charge in [0.2, 0.25) is 0 Å². The highest BCUT2D eigenvalue weighted by atomic mass is 16.3. The molecule has 0 rings (SSSR count). The standard InChI is InChI=1S/C9H18N2O3/c1-6(10-3)9(14)4-11-8(5-12)7(2)13/h6,8,10-12H,4-5H2,1-3H3/t6-,8-/m0/s1. The van der Waals surface area contributed by atoms with Crippen LogP contribution >= 0.6 is 0 Å². The molecule has 0 aromatic carbocycles. The van der Waals surface area contributed by atoms with E-state index < -0.39 is 6.04 Å². The minimum Gasteiger partial charge on any atom is -0.394 e. The average Bonchev–Trinajstić information content (AvgIpc) is 2.16. The number of nitrogens with one attached hydrogen (secondary N) is 2. The number of hydrogen-bond donors (Lipinski definition) is 3. The van der Waals surface area contributed by atoms with Gasteiger partial charge in [-0.3, -0.25) is 14.9 Å². The van der Waals surface area contributed by atoms with Gasteiger partial charge >= 0.3 is 0 Å². The highest BCUT2D eigenvalue weighted by Crippen LogP contribution is 1.87. The third-order valence-electron chi connectivity index (χ3n) is 2.11. The second-order valence-electron chi connectivity index (χ2n) is 3.20. The largest absolute Gasteiger partial charge is 0.394 e. The van der Waals surface area contributed by atoms with E-state index in [9.17, 15) is 9.59 Å². The third-order valence-corrected chi connectivity index (χ3v) is 2.11. The molecule has 0 bridgehead atoms. The first-order chi connectivity index (χ1) is 6.52. The van der Waals surface area contributed by atoms with Crippen LogP contribution in [0, 0.1) is 0 Å². The van der Waals surface area contributed by atoms with Crippen molar-refractivity contribution in [3.05, 3.63) is 0 Å². The zero-order chi connectivity index (χ0) is 11.1. The maximum atomic E-state index is 11.3. The fraction of sp³-hybridized carbons (Fsp3) is 0.778. The van der Waals surface area contributed by atoms with Crippen LogP contribution in [-0.4, -0.2) is 49.0 Å². The smallest absolute Gasteiger partial charge is 0.163 e. The van der Waals surface area contributed by atoms with Crippen LogP contribution in [-0.2, 0) is 9.59 Å². The van der Waals surface area contributed by atoms with Crippen LogP contribution in [0.15, 0.2) is 0 Å². The first-order valence-electron chi connectivity index (χ1n) is 4.57. The summed E-state index contributed by atoms with van der Waals surface area (Å²) >= 11 is 0. The molecule has 0 saturated carbocycles. The molecule has 0 aromatic heterocycles. The quantitative estimate of drug-likeness (QED) is 0.478. The highest BCUT2D eigenvalue weighted by molar-refractivity contribution is 5.87. The minimum absolute atomic E-state index is 0.0350. The van der Waals surface area contributed by atoms with E-state index in [-0.39, 0.29) is 30.8 Å². The summed E-state index contributed by atoms with van der Waals surface area (Å²) in [6.45, 7) is 2.93. The van der Waals surface area contributed by atoms with Crippen LogP contribution in [0.4, 0.5) is 0 Å². The highest BCUT2D eigenvalue weighted by Gasteiger charge is 2.15. The summed E-state index contributed by atoms with van der Waals surface area (Å²) in [5.41, 5.74) is 0. The molecule has 3 N–H and O–H groups in total. The van der Waals surface area contributed by atoms with Crippen LogP contribution in [0.2, 0.25) is 0 Å². The number of carbonyl (C=O) groups is 2. The van der Waals surface area contributed by atoms with Gasteiger partial charge in [-0.1, -0.05) is 0 Å². The third kappa shape index (κ3) is 4.45. The Bertz CT molecular complexity index is 206. The van der Waals surface area contributed by atoms with Gasteiger partial charge in [0.05, 0.1) is 25.2 Å². The predicted octanol–water partition coefficient (Wildman–Crippen LogP) is -1.30. The van der Waals surface area contributed by atoms with Crippen molar-refractivity contribution in [2.24, 2.45) is 0 Å². The number of Topliss-reactive ketones (excluding diaryl/α,β-unsaturated/α-hetero) is 2. The molecule has 0 aliphatic rings. The zero-order valence-corrected chi connectivity index (χ0v) is 8.83. The number of likely N-dealkylation sites (N-methyl/N-ethyl adjacent to an activating group) is 1. The zero-order valence-electron chi connectivity index (χ0n) is 8.83. The van der Waals surface area contributed by atoms with E-state index in [0.717, 1.165) is 0 Å². The molecule has 0 radical (unpaired) electrons. The van der Waals surface area contributed by atoms with Gasteiger partial charge in [0, 0.05) is 0 Å². The SMILES string of the molecule is CN[C@@H](C)C(=O)CN[C@@H](CO)C(C)=O. The van der Waals surface area contributed by atoms with Crippen molar-refractivity contribution in [3.8, 4) is 0 Å². The summed E-state index contributed by atoms with van der Waals surface area (Å²) in [5, 5.41) is 14.3. The van der Waals surface area contributed by atoms with Crippen molar-refractivity contribution >= 4 is 11.6 Å². The first-order valence-corrected chi connectivity index (χ1v) is 4.57. The lowest BCUT2D eigenvalue weighted by Crippen LogP contribution is -2.45. The van der Waals surface area contributed by atoms with Crippen LogP contribution < -0.4 is 10.6 Å². The number of ketones is 2. The van der Waals surface area contributed by atoms with Gasteiger partial charge in [-0.05, 0) is 20.9 Å². The Morgan fingerprint density at radius 3 is 2.36 bits per heavy atom. The van der Waals surface area contributed by atoms with E-state index in [1.165, 1.54) is 6.92 Å². The van der Waals surface area contributed by atoms with Gasteiger partial charge in [-0.25, -0.2) is 0 Å². The monoisotopic (exact) mass is 202 g/mol. The van der Waals surface area contributed by atoms with Crippen molar-refractivity contribution in [3.63, 3.8) is 0 Å². The molecule has 5 heteroatoms. The summed E-state index contributed by atoms with van der Waals surface area (Å²) in [4.78, 5) is 22.2. The fourth-order valence-corrected chi connectivity index (χ4v) is 0.875. The van der Waals surface area contributed by atoms with Crippen molar-refractivity contribution < 1.29 is 14.7 Å². The van der Waals surface area contributed by atoms with E-state index in [2.05, 4.69) is 10.6 Å². The molecule has 5 nitrogen and oxygen atoms in total. The van der Waals surface area contributed by atoms with Crippen LogP contribution in [0.25, 0.3) is 0 Å². The second-order valence-corrected chi connectivity index (χ2v) is 3.20. The maximum absolute atomic E-state index is 11.3. The summed E-state index contributed by atoms with van der Waals surface area (Å²) in [6, 6.07) is -0.878. The second kappa shape index (κ2) is 6.64. The molecule has 0 saturated heterocycles. The minimum atomic E-state index is -0.636. The first kappa shape index (κ1) is 13.2. The van der Waals surface area contributed by atoms with E-state index in [0.29, 0.717) is 0 Å². The molecular formula is C9H18N2O3. The number of hydrogen-bond acceptors (Lipinski definition) is 5. The summed E-state index contributed by atoms with van der Waals surface area (Å²) in [5.74, 6) is -0.204. The number of carbonyl (C=O) groups excluding carboxylic acids is 2. The summed E-state index contributed by atoms with van der Waals surface area (Å²) in [6.07, 6.45) is 0. The topological polar surface area (TPSA) is 78.4 Å². The van der Waals surface area contributed by atoms with Crippen molar-refractivity contribution in [1.29, 1.82) is 0 Å². The number of aliphatic hydroxyl groups excluding tert-OH is 1. The van der Waals surface area contributed by atoms with E-state index in [4.69, 9.17) is 5.11 Å². The molecule has 0 unspecified atom stereocenters. The molecule has 2 atom stereocenters. The predicted molar refractivity (Wildman–Crippen MR) is 53.1 cm³/mol. The molecule has 14 heavy (non-hydrogen) atoms. The lowest BCUT2D eigenvalue weighted by molar-refractivity contribution is -0.121. The van der Waals surface area contributed by atoms with Gasteiger partial charge < -0.3 is 10.4 Å². The Hall–Kier alpha value is -0.780. The Morgan fingerprint density at radius 2 is 2.00 bits per heavy atom. The lowest BCUT2D eigenvalue weighted by Gasteiger charge is -2.14. The Balaban J connectivity index is 3.91. The van der Waals surface area contributed by atoms with Gasteiger partial charge in [0.1, 0.15) is 5.78 Å². The summed E-state index contributed by atoms with van der Waals surface area (Å²) < 4.78 is 0. The molecule has 0 heterocycles. The molecule has 82 valence electrons. The average molecular weight is 202 g/mol. The fourth-order valence-electron chi connectivity index (χ4n) is 0.875. The Kier molecular flexibility index (Phi) is 6.27. The van der Waals surface area contributed by atoms with E-state index in [1.54, 1.807) is 14.0 Å². The van der Waals surface area contributed by atoms with Gasteiger partial charge in [0.15, 0.2) is 5.78 Å². The normalized spacial score (nSPS) is 14.9. The van der Waals surface area contributed by atoms with Gasteiger partial charge in [-0.15, -0.1) is 0 Å². The molecule has 0 aliphatic carbocycles. The summed E-state index contributed by atoms with van der Waals surface area (Å²) in [7, 11) is 1.69. The Labute approximate surface area is 83.9 Å². The van der Waals surface area contributed by atoms with Gasteiger partial charge in [0.25, 0.3) is 0 Å². The van der Waals surface area contributed by atoms with Gasteiger partial charge in [-0.2, -0.15) is 0 Å². The van der Waals surface area contributed by atoms with Crippen molar-refractivity contribution in [1.82, 2.24) is 10.6 Å². The van der Waals surface area contributed by atoms with Crippen LogP contribution in [0.5, 0.6) is 0 Å². The Morgan fingerprint density at radius 1 is 1.43 bits per heavy atom.